The van der Waals surface area contributed by atoms with Crippen LogP contribution < -0.4 is 5.32 Å². The van der Waals surface area contributed by atoms with Crippen molar-refractivity contribution in [2.24, 2.45) is 0 Å². The van der Waals surface area contributed by atoms with Gasteiger partial charge in [-0.1, -0.05) is 0 Å². The molecule has 1 amide bonds. The fourth-order valence-electron chi connectivity index (χ4n) is 3.23. The highest BCUT2D eigenvalue weighted by molar-refractivity contribution is 7.17. The number of nitrogens with one attached hydrogen (secondary N) is 1. The Labute approximate surface area is 165 Å². The van der Waals surface area contributed by atoms with E-state index in [4.69, 9.17) is 4.74 Å². The minimum atomic E-state index is -0.508. The van der Waals surface area contributed by atoms with E-state index in [1.165, 1.54) is 28.4 Å². The van der Waals surface area contributed by atoms with Crippen molar-refractivity contribution in [3.05, 3.63) is 38.5 Å². The van der Waals surface area contributed by atoms with Crippen molar-refractivity contribution in [1.29, 1.82) is 0 Å². The van der Waals surface area contributed by atoms with E-state index >= 15 is 0 Å². The first-order valence-electron chi connectivity index (χ1n) is 9.28. The molecule has 150 valence electrons. The van der Waals surface area contributed by atoms with Gasteiger partial charge in [-0.25, -0.2) is 4.79 Å². The summed E-state index contributed by atoms with van der Waals surface area (Å²) in [6.07, 6.45) is 7.07. The monoisotopic (exact) mass is 406 g/mol. The quantitative estimate of drug-likeness (QED) is 0.408. The molecule has 0 unspecified atom stereocenters. The molecule has 0 fully saturated rings. The average Bonchev–Trinajstić information content (AvgIpc) is 3.26. The lowest BCUT2D eigenvalue weighted by Gasteiger charge is -2.12. The van der Waals surface area contributed by atoms with Gasteiger partial charge in [-0.15, -0.1) is 11.3 Å². The van der Waals surface area contributed by atoms with Crippen molar-refractivity contribution in [1.82, 2.24) is 9.78 Å². The third-order valence-electron chi connectivity index (χ3n) is 4.53. The summed E-state index contributed by atoms with van der Waals surface area (Å²) in [7, 11) is 0. The van der Waals surface area contributed by atoms with E-state index in [2.05, 4.69) is 10.4 Å². The summed E-state index contributed by atoms with van der Waals surface area (Å²) in [5.74, 6) is -0.591. The van der Waals surface area contributed by atoms with Crippen LogP contribution in [-0.4, -0.2) is 33.2 Å². The van der Waals surface area contributed by atoms with Crippen LogP contribution in [0.4, 0.5) is 10.7 Å². The lowest BCUT2D eigenvalue weighted by atomic mass is 9.95. The molecule has 1 aliphatic carbocycles. The largest absolute Gasteiger partial charge is 0.462 e. The molecule has 1 aliphatic rings. The highest BCUT2D eigenvalue weighted by Crippen LogP contribution is 2.38. The summed E-state index contributed by atoms with van der Waals surface area (Å²) < 4.78 is 6.63. The zero-order chi connectivity index (χ0) is 20.1. The number of nitro groups is 1. The normalized spacial score (nSPS) is 13.0. The minimum Gasteiger partial charge on any atom is -0.462 e. The maximum absolute atomic E-state index is 12.4. The summed E-state index contributed by atoms with van der Waals surface area (Å²) >= 11 is 1.46. The van der Waals surface area contributed by atoms with Crippen molar-refractivity contribution in [3.8, 4) is 0 Å². The van der Waals surface area contributed by atoms with Gasteiger partial charge < -0.3 is 10.1 Å². The van der Waals surface area contributed by atoms with Gasteiger partial charge in [0, 0.05) is 17.8 Å². The molecular formula is C18H22N4O5S. The fourth-order valence-corrected chi connectivity index (χ4v) is 4.53. The van der Waals surface area contributed by atoms with Gasteiger partial charge in [-0.3, -0.25) is 19.6 Å². The molecule has 2 aromatic heterocycles. The molecule has 0 saturated heterocycles. The van der Waals surface area contributed by atoms with E-state index in [9.17, 15) is 19.7 Å². The van der Waals surface area contributed by atoms with Crippen LogP contribution in [0, 0.1) is 10.1 Å². The number of ether oxygens (including phenoxy) is 1. The number of carbonyl (C=O) groups is 2. The van der Waals surface area contributed by atoms with Crippen LogP contribution in [0.2, 0.25) is 0 Å². The van der Waals surface area contributed by atoms with E-state index in [1.54, 1.807) is 6.92 Å². The molecule has 10 heteroatoms. The van der Waals surface area contributed by atoms with Gasteiger partial charge in [-0.2, -0.15) is 5.10 Å². The SMILES string of the molecule is CCOC(=O)c1c(NC(=O)CCCn2cc([N+](=O)[O-])cn2)sc2c1CCCC2. The van der Waals surface area contributed by atoms with Gasteiger partial charge in [0.2, 0.25) is 5.91 Å². The highest BCUT2D eigenvalue weighted by Gasteiger charge is 2.27. The second-order valence-electron chi connectivity index (χ2n) is 6.51. The maximum atomic E-state index is 12.4. The molecule has 3 rings (SSSR count). The first-order valence-corrected chi connectivity index (χ1v) is 10.1. The molecule has 0 aliphatic heterocycles. The predicted octanol–water partition coefficient (Wildman–Crippen LogP) is 3.33. The van der Waals surface area contributed by atoms with Gasteiger partial charge in [0.15, 0.2) is 0 Å². The van der Waals surface area contributed by atoms with Crippen LogP contribution in [0.5, 0.6) is 0 Å². The summed E-state index contributed by atoms with van der Waals surface area (Å²) in [4.78, 5) is 36.1. The van der Waals surface area contributed by atoms with Crippen molar-refractivity contribution in [2.45, 2.75) is 52.0 Å². The summed E-state index contributed by atoms with van der Waals surface area (Å²) in [5, 5.41) is 18.0. The zero-order valence-corrected chi connectivity index (χ0v) is 16.4. The molecule has 2 aromatic rings. The smallest absolute Gasteiger partial charge is 0.341 e. The molecule has 9 nitrogen and oxygen atoms in total. The highest BCUT2D eigenvalue weighted by atomic mass is 32.1. The number of esters is 1. The molecule has 0 aromatic carbocycles. The Hall–Kier alpha value is -2.75. The number of aromatic nitrogens is 2. The number of fused-ring (bicyclic) bond motifs is 1. The number of hydrogen-bond donors (Lipinski definition) is 1. The molecule has 2 heterocycles. The van der Waals surface area contributed by atoms with Gasteiger partial charge >= 0.3 is 11.7 Å². The average molecular weight is 406 g/mol. The maximum Gasteiger partial charge on any atom is 0.341 e. The van der Waals surface area contributed by atoms with Crippen LogP contribution in [0.3, 0.4) is 0 Å². The number of anilines is 1. The third-order valence-corrected chi connectivity index (χ3v) is 5.73. The minimum absolute atomic E-state index is 0.0762. The number of amides is 1. The zero-order valence-electron chi connectivity index (χ0n) is 15.6. The second-order valence-corrected chi connectivity index (χ2v) is 7.61. The fraction of sp³-hybridized carbons (Fsp3) is 0.500. The number of thiophene rings is 1. The number of hydrogen-bond acceptors (Lipinski definition) is 7. The lowest BCUT2D eigenvalue weighted by Crippen LogP contribution is -2.16. The second kappa shape index (κ2) is 8.96. The van der Waals surface area contributed by atoms with Gasteiger partial charge in [0.25, 0.3) is 0 Å². The predicted molar refractivity (Wildman–Crippen MR) is 104 cm³/mol. The van der Waals surface area contributed by atoms with Crippen LogP contribution in [0.25, 0.3) is 0 Å². The first kappa shape index (κ1) is 20.0. The molecular weight excluding hydrogens is 384 g/mol. The van der Waals surface area contributed by atoms with Gasteiger partial charge in [0.05, 0.1) is 17.1 Å². The van der Waals surface area contributed by atoms with E-state index in [0.717, 1.165) is 36.1 Å². The van der Waals surface area contributed by atoms with Gasteiger partial charge in [-0.05, 0) is 44.6 Å². The first-order chi connectivity index (χ1) is 13.5. The topological polar surface area (TPSA) is 116 Å². The number of nitrogens with zero attached hydrogens (tertiary/aromatic N) is 3. The summed E-state index contributed by atoms with van der Waals surface area (Å²) in [6, 6.07) is 0. The van der Waals surface area contributed by atoms with Crippen molar-refractivity contribution in [2.75, 3.05) is 11.9 Å². The van der Waals surface area contributed by atoms with E-state index in [-0.39, 0.29) is 30.6 Å². The lowest BCUT2D eigenvalue weighted by molar-refractivity contribution is -0.385. The van der Waals surface area contributed by atoms with Crippen LogP contribution in [-0.2, 0) is 28.9 Å². The molecule has 28 heavy (non-hydrogen) atoms. The molecule has 1 N–H and O–H groups in total. The van der Waals surface area contributed by atoms with Crippen molar-refractivity contribution < 1.29 is 19.2 Å². The van der Waals surface area contributed by atoms with Crippen LogP contribution in [0.1, 0.15) is 53.4 Å². The molecule has 0 saturated carbocycles. The van der Waals surface area contributed by atoms with Crippen LogP contribution in [0.15, 0.2) is 12.4 Å². The Morgan fingerprint density at radius 3 is 2.89 bits per heavy atom. The molecule has 0 atom stereocenters. The standard InChI is InChI=1S/C18H22N4O5S/c1-2-27-18(24)16-13-6-3-4-7-14(13)28-17(16)20-15(23)8-5-9-21-11-12(10-19-21)22(25)26/h10-11H,2-9H2,1H3,(H,20,23). The number of rotatable bonds is 8. The Morgan fingerprint density at radius 1 is 1.39 bits per heavy atom. The Bertz CT molecular complexity index is 889. The Morgan fingerprint density at radius 2 is 2.18 bits per heavy atom. The number of carbonyl (C=O) groups excluding carboxylic acids is 2. The molecule has 0 bridgehead atoms. The van der Waals surface area contributed by atoms with Crippen LogP contribution >= 0.6 is 11.3 Å². The third kappa shape index (κ3) is 4.56. The molecule has 0 radical (unpaired) electrons. The summed E-state index contributed by atoms with van der Waals surface area (Å²) in [5.41, 5.74) is 1.43. The van der Waals surface area contributed by atoms with Crippen molar-refractivity contribution >= 4 is 33.9 Å². The summed E-state index contributed by atoms with van der Waals surface area (Å²) in [6.45, 7) is 2.44. The van der Waals surface area contributed by atoms with E-state index in [1.807, 2.05) is 0 Å². The Balaban J connectivity index is 1.62. The van der Waals surface area contributed by atoms with Crippen molar-refractivity contribution in [3.63, 3.8) is 0 Å². The molecule has 0 spiro atoms. The Kier molecular flexibility index (Phi) is 6.40. The number of aryl methyl sites for hydroxylation is 2. The van der Waals surface area contributed by atoms with E-state index in [0.29, 0.717) is 23.5 Å². The van der Waals surface area contributed by atoms with E-state index < -0.39 is 4.92 Å². The van der Waals surface area contributed by atoms with Gasteiger partial charge in [0.1, 0.15) is 17.4 Å².